The smallest absolute Gasteiger partial charge is 0.0655 e. The minimum atomic E-state index is 0.160. The van der Waals surface area contributed by atoms with Gasteiger partial charge in [-0.3, -0.25) is 0 Å². The van der Waals surface area contributed by atoms with E-state index >= 15 is 0 Å². The molecule has 19 heavy (non-hydrogen) atoms. The maximum atomic E-state index is 6.31. The Morgan fingerprint density at radius 3 is 2.37 bits per heavy atom. The van der Waals surface area contributed by atoms with E-state index in [2.05, 4.69) is 24.1 Å². The average molecular weight is 322 g/mol. The van der Waals surface area contributed by atoms with E-state index < -0.39 is 0 Å². The van der Waals surface area contributed by atoms with E-state index in [0.29, 0.717) is 15.1 Å². The van der Waals surface area contributed by atoms with Crippen LogP contribution < -0.4 is 10.2 Å². The molecule has 1 saturated heterocycles. The van der Waals surface area contributed by atoms with Gasteiger partial charge < -0.3 is 10.2 Å². The first-order chi connectivity index (χ1) is 9.01. The molecule has 0 unspecified atom stereocenters. The van der Waals surface area contributed by atoms with Gasteiger partial charge in [0.05, 0.1) is 20.8 Å². The second-order valence-corrected chi connectivity index (χ2v) is 6.28. The van der Waals surface area contributed by atoms with Gasteiger partial charge in [0.1, 0.15) is 0 Å². The monoisotopic (exact) mass is 320 g/mol. The lowest BCUT2D eigenvalue weighted by molar-refractivity contribution is 0.277. The summed E-state index contributed by atoms with van der Waals surface area (Å²) in [5.41, 5.74) is 1.14. The van der Waals surface area contributed by atoms with Crippen LogP contribution in [0, 0.1) is 0 Å². The Bertz CT molecular complexity index is 458. The van der Waals surface area contributed by atoms with Crippen LogP contribution in [-0.4, -0.2) is 25.2 Å². The molecule has 0 atom stereocenters. The zero-order valence-corrected chi connectivity index (χ0v) is 13.5. The molecule has 0 radical (unpaired) electrons. The fourth-order valence-corrected chi connectivity index (χ4v) is 3.30. The van der Waals surface area contributed by atoms with Gasteiger partial charge in [-0.15, -0.1) is 0 Å². The van der Waals surface area contributed by atoms with E-state index in [1.54, 1.807) is 6.07 Å². The van der Waals surface area contributed by atoms with Crippen LogP contribution in [0.25, 0.3) is 0 Å². The lowest BCUT2D eigenvalue weighted by Gasteiger charge is -2.44. The number of anilines is 1. The molecular formula is C14H19Cl3N2. The van der Waals surface area contributed by atoms with Gasteiger partial charge >= 0.3 is 0 Å². The standard InChI is InChI=1S/C14H19Cl3N2/c1-3-14(4-2)9-19(6-5-18-14)13-8-11(16)10(15)7-12(13)17/h7-8,18H,3-6,9H2,1-2H3. The quantitative estimate of drug-likeness (QED) is 0.818. The molecule has 0 bridgehead atoms. The van der Waals surface area contributed by atoms with Crippen molar-refractivity contribution in [2.75, 3.05) is 24.5 Å². The topological polar surface area (TPSA) is 15.3 Å². The number of benzene rings is 1. The second-order valence-electron chi connectivity index (χ2n) is 5.05. The summed E-state index contributed by atoms with van der Waals surface area (Å²) in [6, 6.07) is 3.59. The zero-order chi connectivity index (χ0) is 14.0. The van der Waals surface area contributed by atoms with E-state index in [1.807, 2.05) is 6.07 Å². The van der Waals surface area contributed by atoms with E-state index in [0.717, 1.165) is 38.2 Å². The van der Waals surface area contributed by atoms with Crippen molar-refractivity contribution >= 4 is 40.5 Å². The van der Waals surface area contributed by atoms with Crippen molar-refractivity contribution in [2.24, 2.45) is 0 Å². The molecule has 0 saturated carbocycles. The average Bonchev–Trinajstić information content (AvgIpc) is 2.43. The van der Waals surface area contributed by atoms with Crippen molar-refractivity contribution in [3.05, 3.63) is 27.2 Å². The molecule has 1 aliphatic heterocycles. The van der Waals surface area contributed by atoms with Crippen LogP contribution in [0.2, 0.25) is 15.1 Å². The molecule has 1 aromatic carbocycles. The van der Waals surface area contributed by atoms with Gasteiger partial charge in [-0.05, 0) is 25.0 Å². The van der Waals surface area contributed by atoms with Gasteiger partial charge in [-0.25, -0.2) is 0 Å². The Labute approximate surface area is 130 Å². The Kier molecular flexibility index (Phi) is 4.88. The number of piperazine rings is 1. The van der Waals surface area contributed by atoms with E-state index in [-0.39, 0.29) is 5.54 Å². The summed E-state index contributed by atoms with van der Waals surface area (Å²) >= 11 is 18.4. The third-order valence-electron chi connectivity index (χ3n) is 4.06. The van der Waals surface area contributed by atoms with E-state index in [9.17, 15) is 0 Å². The minimum absolute atomic E-state index is 0.160. The Hall–Kier alpha value is -0.150. The Balaban J connectivity index is 2.29. The molecule has 5 heteroatoms. The fourth-order valence-electron chi connectivity index (χ4n) is 2.64. The molecule has 1 N–H and O–H groups in total. The predicted molar refractivity (Wildman–Crippen MR) is 85.0 cm³/mol. The maximum Gasteiger partial charge on any atom is 0.0655 e. The van der Waals surface area contributed by atoms with Gasteiger partial charge in [-0.1, -0.05) is 48.7 Å². The number of halogens is 3. The first-order valence-corrected chi connectivity index (χ1v) is 7.79. The van der Waals surface area contributed by atoms with Crippen molar-refractivity contribution in [1.29, 1.82) is 0 Å². The van der Waals surface area contributed by atoms with Gasteiger partial charge in [0.25, 0.3) is 0 Å². The van der Waals surface area contributed by atoms with Crippen molar-refractivity contribution in [2.45, 2.75) is 32.2 Å². The van der Waals surface area contributed by atoms with E-state index in [4.69, 9.17) is 34.8 Å². The summed E-state index contributed by atoms with van der Waals surface area (Å²) in [5.74, 6) is 0. The van der Waals surface area contributed by atoms with Crippen molar-refractivity contribution in [3.8, 4) is 0 Å². The predicted octanol–water partition coefficient (Wildman–Crippen LogP) is 4.62. The number of nitrogens with zero attached hydrogens (tertiary/aromatic N) is 1. The summed E-state index contributed by atoms with van der Waals surface area (Å²) in [4.78, 5) is 2.30. The normalized spacial score (nSPS) is 18.7. The van der Waals surface area contributed by atoms with Gasteiger partial charge in [0.15, 0.2) is 0 Å². The largest absolute Gasteiger partial charge is 0.367 e. The lowest BCUT2D eigenvalue weighted by atomic mass is 9.90. The van der Waals surface area contributed by atoms with Gasteiger partial charge in [-0.2, -0.15) is 0 Å². The van der Waals surface area contributed by atoms with Crippen LogP contribution in [0.5, 0.6) is 0 Å². The molecule has 1 heterocycles. The van der Waals surface area contributed by atoms with Crippen molar-refractivity contribution in [3.63, 3.8) is 0 Å². The first-order valence-electron chi connectivity index (χ1n) is 6.66. The Morgan fingerprint density at radius 2 is 1.74 bits per heavy atom. The van der Waals surface area contributed by atoms with Crippen LogP contribution in [0.15, 0.2) is 12.1 Å². The Morgan fingerprint density at radius 1 is 1.11 bits per heavy atom. The maximum absolute atomic E-state index is 6.31. The van der Waals surface area contributed by atoms with Gasteiger partial charge in [0.2, 0.25) is 0 Å². The minimum Gasteiger partial charge on any atom is -0.367 e. The van der Waals surface area contributed by atoms with Crippen molar-refractivity contribution in [1.82, 2.24) is 5.32 Å². The summed E-state index contributed by atoms with van der Waals surface area (Å²) < 4.78 is 0. The third-order valence-corrected chi connectivity index (χ3v) is 5.08. The molecule has 0 spiro atoms. The van der Waals surface area contributed by atoms with Crippen LogP contribution in [0.3, 0.4) is 0 Å². The molecular weight excluding hydrogens is 303 g/mol. The number of hydrogen-bond acceptors (Lipinski definition) is 2. The molecule has 1 aromatic rings. The highest BCUT2D eigenvalue weighted by Gasteiger charge is 2.32. The molecule has 1 aliphatic rings. The zero-order valence-electron chi connectivity index (χ0n) is 11.3. The molecule has 2 nitrogen and oxygen atoms in total. The molecule has 106 valence electrons. The SMILES string of the molecule is CCC1(CC)CN(c2cc(Cl)c(Cl)cc2Cl)CCN1. The summed E-state index contributed by atoms with van der Waals surface area (Å²) in [6.45, 7) is 7.27. The fraction of sp³-hybridized carbons (Fsp3) is 0.571. The van der Waals surface area contributed by atoms with Crippen LogP contribution >= 0.6 is 34.8 Å². The highest BCUT2D eigenvalue weighted by atomic mass is 35.5. The molecule has 2 rings (SSSR count). The molecule has 1 fully saturated rings. The summed E-state index contributed by atoms with van der Waals surface area (Å²) in [5, 5.41) is 5.35. The van der Waals surface area contributed by atoms with Crippen LogP contribution in [0.4, 0.5) is 5.69 Å². The number of rotatable bonds is 3. The lowest BCUT2D eigenvalue weighted by Crippen LogP contribution is -2.60. The molecule has 0 amide bonds. The number of hydrogen-bond donors (Lipinski definition) is 1. The highest BCUT2D eigenvalue weighted by molar-refractivity contribution is 6.44. The first kappa shape index (κ1) is 15.2. The number of nitrogens with one attached hydrogen (secondary N) is 1. The van der Waals surface area contributed by atoms with Crippen molar-refractivity contribution < 1.29 is 0 Å². The van der Waals surface area contributed by atoms with Crippen LogP contribution in [-0.2, 0) is 0 Å². The summed E-state index contributed by atoms with van der Waals surface area (Å²) in [6.07, 6.45) is 2.19. The highest BCUT2D eigenvalue weighted by Crippen LogP contribution is 2.36. The second kappa shape index (κ2) is 6.09. The third kappa shape index (κ3) is 3.13. The van der Waals surface area contributed by atoms with Gasteiger partial charge in [0, 0.05) is 25.2 Å². The molecule has 0 aliphatic carbocycles. The molecule has 0 aromatic heterocycles. The van der Waals surface area contributed by atoms with Crippen LogP contribution in [0.1, 0.15) is 26.7 Å². The summed E-state index contributed by atoms with van der Waals surface area (Å²) in [7, 11) is 0. The van der Waals surface area contributed by atoms with E-state index in [1.165, 1.54) is 0 Å².